The van der Waals surface area contributed by atoms with Crippen LogP contribution in [0, 0.1) is 10.8 Å². The van der Waals surface area contributed by atoms with Crippen molar-refractivity contribution in [3.8, 4) is 0 Å². The molecule has 0 radical (unpaired) electrons. The van der Waals surface area contributed by atoms with Crippen LogP contribution in [0.25, 0.3) is 0 Å². The molecule has 1 aliphatic rings. The van der Waals surface area contributed by atoms with Crippen molar-refractivity contribution in [2.24, 2.45) is 10.8 Å². The third kappa shape index (κ3) is 3.45. The summed E-state index contributed by atoms with van der Waals surface area (Å²) in [6.07, 6.45) is 2.07. The molecule has 1 unspecified atom stereocenters. The molecule has 18 heavy (non-hydrogen) atoms. The van der Waals surface area contributed by atoms with Crippen molar-refractivity contribution in [2.45, 2.75) is 46.6 Å². The zero-order valence-corrected chi connectivity index (χ0v) is 11.7. The maximum absolute atomic E-state index is 12.1. The molecule has 0 aromatic carbocycles. The van der Waals surface area contributed by atoms with Gasteiger partial charge in [-0.1, -0.05) is 13.8 Å². The van der Waals surface area contributed by atoms with E-state index < -0.39 is 11.4 Å². The Labute approximate surface area is 108 Å². The number of hydrogen-bond acceptors (Lipinski definition) is 3. The van der Waals surface area contributed by atoms with Crippen LogP contribution in [0.2, 0.25) is 0 Å². The van der Waals surface area contributed by atoms with Gasteiger partial charge in [-0.2, -0.15) is 0 Å². The maximum atomic E-state index is 12.1. The largest absolute Gasteiger partial charge is 0.481 e. The molecule has 0 aromatic heterocycles. The first-order valence-corrected chi connectivity index (χ1v) is 6.41. The minimum absolute atomic E-state index is 0.0876. The monoisotopic (exact) mass is 256 g/mol. The van der Waals surface area contributed by atoms with E-state index in [2.05, 4.69) is 24.5 Å². The molecule has 0 spiro atoms. The highest BCUT2D eigenvalue weighted by molar-refractivity contribution is 5.83. The molecule has 1 saturated heterocycles. The summed E-state index contributed by atoms with van der Waals surface area (Å²) in [6, 6.07) is -0.240. The zero-order valence-electron chi connectivity index (χ0n) is 11.7. The first-order valence-electron chi connectivity index (χ1n) is 6.41. The molecule has 1 atom stereocenters. The van der Waals surface area contributed by atoms with E-state index in [1.165, 1.54) is 0 Å². The van der Waals surface area contributed by atoms with Crippen LogP contribution in [0.4, 0.5) is 0 Å². The number of carboxylic acid groups (broad SMARTS) is 1. The number of piperidine rings is 1. The van der Waals surface area contributed by atoms with Gasteiger partial charge in [0.2, 0.25) is 5.91 Å². The third-order valence-electron chi connectivity index (χ3n) is 3.67. The van der Waals surface area contributed by atoms with E-state index in [4.69, 9.17) is 5.11 Å². The second-order valence-electron chi connectivity index (χ2n) is 6.39. The van der Waals surface area contributed by atoms with Crippen molar-refractivity contribution in [1.82, 2.24) is 10.6 Å². The summed E-state index contributed by atoms with van der Waals surface area (Å²) in [5, 5.41) is 15.0. The molecular weight excluding hydrogens is 232 g/mol. The third-order valence-corrected chi connectivity index (χ3v) is 3.67. The van der Waals surface area contributed by atoms with Gasteiger partial charge >= 0.3 is 5.97 Å². The van der Waals surface area contributed by atoms with Crippen LogP contribution in [0.5, 0.6) is 0 Å². The van der Waals surface area contributed by atoms with Gasteiger partial charge < -0.3 is 15.7 Å². The van der Waals surface area contributed by atoms with Gasteiger partial charge in [-0.25, -0.2) is 0 Å². The molecule has 5 nitrogen and oxygen atoms in total. The number of nitrogens with one attached hydrogen (secondary N) is 2. The predicted molar refractivity (Wildman–Crippen MR) is 69.2 cm³/mol. The van der Waals surface area contributed by atoms with E-state index in [1.807, 2.05) is 0 Å². The van der Waals surface area contributed by atoms with Crippen LogP contribution in [-0.4, -0.2) is 36.1 Å². The quantitative estimate of drug-likeness (QED) is 0.701. The number of carbonyl (C=O) groups is 2. The Kier molecular flexibility index (Phi) is 4.37. The topological polar surface area (TPSA) is 78.4 Å². The minimum atomic E-state index is -0.936. The molecule has 104 valence electrons. The van der Waals surface area contributed by atoms with Crippen LogP contribution in [0.1, 0.15) is 40.5 Å². The minimum Gasteiger partial charge on any atom is -0.481 e. The highest BCUT2D eigenvalue weighted by atomic mass is 16.4. The summed E-state index contributed by atoms with van der Waals surface area (Å²) in [6.45, 7) is 8.32. The number of hydrogen-bond donors (Lipinski definition) is 3. The van der Waals surface area contributed by atoms with E-state index in [0.29, 0.717) is 0 Å². The fourth-order valence-corrected chi connectivity index (χ4v) is 2.14. The van der Waals surface area contributed by atoms with Gasteiger partial charge in [-0.05, 0) is 38.6 Å². The van der Waals surface area contributed by atoms with Gasteiger partial charge in [-0.3, -0.25) is 9.59 Å². The Morgan fingerprint density at radius 1 is 1.44 bits per heavy atom. The molecule has 1 amide bonds. The van der Waals surface area contributed by atoms with Crippen LogP contribution in [0.3, 0.4) is 0 Å². The highest BCUT2D eigenvalue weighted by Crippen LogP contribution is 2.30. The Morgan fingerprint density at radius 3 is 2.56 bits per heavy atom. The lowest BCUT2D eigenvalue weighted by Gasteiger charge is -2.38. The fourth-order valence-electron chi connectivity index (χ4n) is 2.14. The number of amides is 1. The van der Waals surface area contributed by atoms with Gasteiger partial charge in [0.05, 0.1) is 11.5 Å². The lowest BCUT2D eigenvalue weighted by molar-refractivity contribution is -0.147. The summed E-state index contributed by atoms with van der Waals surface area (Å²) in [5.41, 5.74) is -1.02. The summed E-state index contributed by atoms with van der Waals surface area (Å²) in [5.74, 6) is -1.01. The van der Waals surface area contributed by atoms with Crippen molar-refractivity contribution in [2.75, 3.05) is 13.1 Å². The molecule has 0 saturated carbocycles. The lowest BCUT2D eigenvalue weighted by Crippen LogP contribution is -2.56. The zero-order chi connectivity index (χ0) is 14.0. The molecule has 1 fully saturated rings. The maximum Gasteiger partial charge on any atom is 0.310 e. The summed E-state index contributed by atoms with van der Waals surface area (Å²) in [4.78, 5) is 23.1. The molecule has 5 heteroatoms. The van der Waals surface area contributed by atoms with E-state index in [0.717, 1.165) is 19.4 Å². The van der Waals surface area contributed by atoms with Crippen LogP contribution in [-0.2, 0) is 9.59 Å². The lowest BCUT2D eigenvalue weighted by atomic mass is 9.77. The van der Waals surface area contributed by atoms with E-state index in [-0.39, 0.29) is 23.9 Å². The second kappa shape index (κ2) is 5.26. The molecule has 3 N–H and O–H groups in total. The number of carboxylic acids is 1. The summed E-state index contributed by atoms with van der Waals surface area (Å²) >= 11 is 0. The van der Waals surface area contributed by atoms with Gasteiger partial charge in [0, 0.05) is 6.54 Å². The molecule has 1 rings (SSSR count). The number of rotatable bonds is 4. The van der Waals surface area contributed by atoms with E-state index in [9.17, 15) is 9.59 Å². The average Bonchev–Trinajstić information content (AvgIpc) is 2.25. The smallest absolute Gasteiger partial charge is 0.310 e. The first-order chi connectivity index (χ1) is 8.17. The van der Waals surface area contributed by atoms with Gasteiger partial charge in [0.25, 0.3) is 0 Å². The van der Waals surface area contributed by atoms with Crippen molar-refractivity contribution in [3.05, 3.63) is 0 Å². The predicted octanol–water partition coefficient (Wildman–Crippen LogP) is 0.992. The molecule has 1 aliphatic heterocycles. The molecule has 0 bridgehead atoms. The van der Waals surface area contributed by atoms with Crippen LogP contribution in [0.15, 0.2) is 0 Å². The Balaban J connectivity index is 2.58. The van der Waals surface area contributed by atoms with E-state index >= 15 is 0 Å². The number of carbonyl (C=O) groups excluding carboxylic acids is 1. The van der Waals surface area contributed by atoms with Gasteiger partial charge in [-0.15, -0.1) is 0 Å². The SMILES string of the molecule is CC(C)(CNC(=O)C1NCCCC1(C)C)C(=O)O. The van der Waals surface area contributed by atoms with E-state index in [1.54, 1.807) is 13.8 Å². The van der Waals surface area contributed by atoms with Gasteiger partial charge in [0.1, 0.15) is 0 Å². The second-order valence-corrected chi connectivity index (χ2v) is 6.39. The van der Waals surface area contributed by atoms with Crippen molar-refractivity contribution in [3.63, 3.8) is 0 Å². The fraction of sp³-hybridized carbons (Fsp3) is 0.846. The Bertz CT molecular complexity index is 337. The first kappa shape index (κ1) is 15.0. The number of aliphatic carboxylic acids is 1. The standard InChI is InChI=1S/C13H24N2O3/c1-12(2)6-5-7-14-9(12)10(16)15-8-13(3,4)11(17)18/h9,14H,5-8H2,1-4H3,(H,15,16)(H,17,18). The Hall–Kier alpha value is -1.10. The van der Waals surface area contributed by atoms with Crippen molar-refractivity contribution in [1.29, 1.82) is 0 Å². The molecular formula is C13H24N2O3. The highest BCUT2D eigenvalue weighted by Gasteiger charge is 2.38. The average molecular weight is 256 g/mol. The normalized spacial score (nSPS) is 23.4. The summed E-state index contributed by atoms with van der Waals surface area (Å²) < 4.78 is 0. The molecule has 1 heterocycles. The van der Waals surface area contributed by atoms with Crippen molar-refractivity contribution >= 4 is 11.9 Å². The Morgan fingerprint density at radius 2 is 2.06 bits per heavy atom. The van der Waals surface area contributed by atoms with Gasteiger partial charge in [0.15, 0.2) is 0 Å². The van der Waals surface area contributed by atoms with Crippen LogP contribution >= 0.6 is 0 Å². The molecule has 0 aromatic rings. The molecule has 0 aliphatic carbocycles. The van der Waals surface area contributed by atoms with Crippen molar-refractivity contribution < 1.29 is 14.7 Å². The summed E-state index contributed by atoms with van der Waals surface area (Å²) in [7, 11) is 0. The van der Waals surface area contributed by atoms with Crippen LogP contribution < -0.4 is 10.6 Å².